The second-order valence-corrected chi connectivity index (χ2v) is 10.6. The zero-order valence-electron chi connectivity index (χ0n) is 23.4. The minimum atomic E-state index is -1.21. The number of imide groups is 1. The van der Waals surface area contributed by atoms with Crippen LogP contribution in [0.15, 0.2) is 79.0 Å². The molecule has 0 radical (unpaired) electrons. The van der Waals surface area contributed by atoms with Gasteiger partial charge in [-0.3, -0.25) is 19.3 Å². The van der Waals surface area contributed by atoms with Crippen molar-refractivity contribution in [3.05, 3.63) is 107 Å². The Bertz CT molecular complexity index is 1710. The lowest BCUT2D eigenvalue weighted by molar-refractivity contribution is -0.155. The number of aromatic amines is 1. The van der Waals surface area contributed by atoms with Gasteiger partial charge in [0, 0.05) is 30.1 Å². The van der Waals surface area contributed by atoms with Gasteiger partial charge in [-0.05, 0) is 48.2 Å². The molecular formula is C33H29N3O7. The van der Waals surface area contributed by atoms with Crippen LogP contribution in [0.1, 0.15) is 55.0 Å². The van der Waals surface area contributed by atoms with Gasteiger partial charge in [-0.2, -0.15) is 0 Å². The van der Waals surface area contributed by atoms with Crippen LogP contribution in [0.5, 0.6) is 0 Å². The number of fused-ring (bicyclic) bond motifs is 2. The molecular weight excluding hydrogens is 550 g/mol. The van der Waals surface area contributed by atoms with E-state index in [1.807, 2.05) is 30.3 Å². The number of carbonyl (C=O) groups is 5. The number of hydrogen-bond acceptors (Lipinski definition) is 7. The van der Waals surface area contributed by atoms with Crippen molar-refractivity contribution in [2.75, 3.05) is 13.7 Å². The molecule has 1 fully saturated rings. The molecule has 3 heterocycles. The predicted octanol–water partition coefficient (Wildman–Crippen LogP) is 3.90. The van der Waals surface area contributed by atoms with Crippen LogP contribution < -0.4 is 0 Å². The Balaban J connectivity index is 1.31. The van der Waals surface area contributed by atoms with Crippen molar-refractivity contribution in [3.8, 4) is 0 Å². The fourth-order valence-corrected chi connectivity index (χ4v) is 5.88. The number of carbonyl (C=O) groups excluding carboxylic acids is 5. The van der Waals surface area contributed by atoms with Gasteiger partial charge >= 0.3 is 11.9 Å². The van der Waals surface area contributed by atoms with E-state index in [0.29, 0.717) is 36.0 Å². The van der Waals surface area contributed by atoms with E-state index in [1.165, 1.54) is 12.0 Å². The summed E-state index contributed by atoms with van der Waals surface area (Å²) < 4.78 is 10.4. The Morgan fingerprint density at radius 2 is 1.65 bits per heavy atom. The summed E-state index contributed by atoms with van der Waals surface area (Å²) in [5.41, 5.74) is 2.94. The zero-order valence-corrected chi connectivity index (χ0v) is 23.4. The van der Waals surface area contributed by atoms with Crippen LogP contribution in [0.2, 0.25) is 0 Å². The lowest BCUT2D eigenvalue weighted by Gasteiger charge is -2.31. The fraction of sp³-hybridized carbons (Fsp3) is 0.242. The topological polar surface area (TPSA) is 126 Å². The van der Waals surface area contributed by atoms with Crippen LogP contribution in [-0.2, 0) is 32.1 Å². The van der Waals surface area contributed by atoms with E-state index in [9.17, 15) is 24.0 Å². The van der Waals surface area contributed by atoms with Crippen LogP contribution in [-0.4, -0.2) is 70.2 Å². The molecule has 0 aliphatic carbocycles. The Hall–Kier alpha value is -5.25. The summed E-state index contributed by atoms with van der Waals surface area (Å²) in [5.74, 6) is -2.65. The van der Waals surface area contributed by atoms with Crippen molar-refractivity contribution in [1.29, 1.82) is 0 Å². The van der Waals surface area contributed by atoms with E-state index in [0.717, 1.165) is 15.8 Å². The molecule has 43 heavy (non-hydrogen) atoms. The first kappa shape index (κ1) is 27.9. The maximum Gasteiger partial charge on any atom is 0.337 e. The molecule has 2 aliphatic heterocycles. The number of rotatable bonds is 8. The van der Waals surface area contributed by atoms with Gasteiger partial charge in [0.1, 0.15) is 18.7 Å². The first-order valence-electron chi connectivity index (χ1n) is 14.0. The molecule has 1 aromatic heterocycles. The smallest absolute Gasteiger partial charge is 0.337 e. The normalized spacial score (nSPS) is 16.8. The molecule has 10 nitrogen and oxygen atoms in total. The molecule has 1 saturated heterocycles. The summed E-state index contributed by atoms with van der Waals surface area (Å²) in [6, 6.07) is 18.7. The van der Waals surface area contributed by atoms with E-state index in [1.54, 1.807) is 48.7 Å². The Morgan fingerprint density at radius 3 is 2.35 bits per heavy atom. The maximum absolute atomic E-state index is 14.3. The third kappa shape index (κ3) is 5.16. The summed E-state index contributed by atoms with van der Waals surface area (Å²) in [6.45, 7) is 0.364. The van der Waals surface area contributed by atoms with Gasteiger partial charge in [0.15, 0.2) is 0 Å². The van der Waals surface area contributed by atoms with Gasteiger partial charge in [-0.15, -0.1) is 0 Å². The SMILES string of the molecule is COC(=O)c1ccc2c(C[C@@H](C(=O)N3CCC[C@H]3C(=O)OCc3ccccc3)N3C(=O)c4ccccc4C3=O)c[nH]c2c1. The van der Waals surface area contributed by atoms with Crippen LogP contribution in [0, 0.1) is 0 Å². The first-order valence-corrected chi connectivity index (χ1v) is 14.0. The Labute approximate surface area is 247 Å². The first-order chi connectivity index (χ1) is 20.9. The number of likely N-dealkylation sites (tertiary alicyclic amines) is 1. The number of aromatic nitrogens is 1. The van der Waals surface area contributed by atoms with Crippen LogP contribution >= 0.6 is 0 Å². The molecule has 6 rings (SSSR count). The zero-order chi connectivity index (χ0) is 30.1. The average Bonchev–Trinajstić information content (AvgIpc) is 3.75. The lowest BCUT2D eigenvalue weighted by atomic mass is 10.0. The number of amides is 3. The predicted molar refractivity (Wildman–Crippen MR) is 155 cm³/mol. The van der Waals surface area contributed by atoms with Crippen molar-refractivity contribution in [2.24, 2.45) is 0 Å². The highest BCUT2D eigenvalue weighted by Crippen LogP contribution is 2.31. The summed E-state index contributed by atoms with van der Waals surface area (Å²) in [4.78, 5) is 72.2. The summed E-state index contributed by atoms with van der Waals surface area (Å²) in [5, 5.41) is 0.724. The minimum absolute atomic E-state index is 0.00412. The third-order valence-corrected chi connectivity index (χ3v) is 8.06. The molecule has 218 valence electrons. The molecule has 1 N–H and O–H groups in total. The molecule has 3 amide bonds. The number of hydrogen-bond donors (Lipinski definition) is 1. The highest BCUT2D eigenvalue weighted by atomic mass is 16.5. The van der Waals surface area contributed by atoms with Gasteiger partial charge in [-0.25, -0.2) is 9.59 Å². The fourth-order valence-electron chi connectivity index (χ4n) is 5.88. The van der Waals surface area contributed by atoms with Crippen molar-refractivity contribution in [2.45, 2.75) is 38.0 Å². The van der Waals surface area contributed by atoms with Crippen molar-refractivity contribution >= 4 is 40.6 Å². The maximum atomic E-state index is 14.3. The van der Waals surface area contributed by atoms with E-state index >= 15 is 0 Å². The monoisotopic (exact) mass is 579 g/mol. The molecule has 4 aromatic rings. The largest absolute Gasteiger partial charge is 0.465 e. The molecule has 0 saturated carbocycles. The quantitative estimate of drug-likeness (QED) is 0.248. The number of ether oxygens (including phenoxy) is 2. The van der Waals surface area contributed by atoms with Gasteiger partial charge in [-0.1, -0.05) is 48.5 Å². The second-order valence-electron chi connectivity index (χ2n) is 10.6. The molecule has 0 spiro atoms. The van der Waals surface area contributed by atoms with Crippen LogP contribution in [0.4, 0.5) is 0 Å². The van der Waals surface area contributed by atoms with E-state index in [-0.39, 0.29) is 24.2 Å². The second kappa shape index (κ2) is 11.6. The molecule has 0 unspecified atom stereocenters. The third-order valence-electron chi connectivity index (χ3n) is 8.06. The summed E-state index contributed by atoms with van der Waals surface area (Å²) >= 11 is 0. The minimum Gasteiger partial charge on any atom is -0.465 e. The molecule has 10 heteroatoms. The number of H-pyrrole nitrogens is 1. The number of esters is 2. The van der Waals surface area contributed by atoms with Crippen molar-refractivity contribution in [1.82, 2.24) is 14.8 Å². The van der Waals surface area contributed by atoms with Gasteiger partial charge in [0.05, 0.1) is 23.8 Å². The van der Waals surface area contributed by atoms with E-state index in [4.69, 9.17) is 9.47 Å². The highest BCUT2D eigenvalue weighted by Gasteiger charge is 2.47. The Morgan fingerprint density at radius 1 is 0.953 bits per heavy atom. The van der Waals surface area contributed by atoms with Crippen LogP contribution in [0.3, 0.4) is 0 Å². The van der Waals surface area contributed by atoms with Gasteiger partial charge in [0.2, 0.25) is 5.91 Å². The standard InChI is InChI=1S/C33H29N3O7/c1-42-32(40)21-13-14-23-22(18-34-26(23)16-21)17-28(36-29(37)24-10-5-6-11-25(24)30(36)38)31(39)35-15-7-12-27(35)33(41)43-19-20-8-3-2-4-9-20/h2-6,8-11,13-14,16,18,27-28,34H,7,12,15,17,19H2,1H3/t27-,28-/m0/s1. The van der Waals surface area contributed by atoms with Gasteiger partial charge in [0.25, 0.3) is 11.8 Å². The molecule has 2 atom stereocenters. The summed E-state index contributed by atoms with van der Waals surface area (Å²) in [6.07, 6.45) is 2.69. The number of methoxy groups -OCH3 is 1. The van der Waals surface area contributed by atoms with Crippen LogP contribution in [0.25, 0.3) is 10.9 Å². The molecule has 0 bridgehead atoms. The lowest BCUT2D eigenvalue weighted by Crippen LogP contribution is -2.54. The number of nitrogens with zero attached hydrogens (tertiary/aromatic N) is 2. The summed E-state index contributed by atoms with van der Waals surface area (Å²) in [7, 11) is 1.30. The molecule has 2 aliphatic rings. The molecule has 3 aromatic carbocycles. The number of benzene rings is 3. The number of nitrogens with one attached hydrogen (secondary N) is 1. The Kier molecular flexibility index (Phi) is 7.50. The van der Waals surface area contributed by atoms with Crippen molar-refractivity contribution in [3.63, 3.8) is 0 Å². The van der Waals surface area contributed by atoms with Crippen molar-refractivity contribution < 1.29 is 33.4 Å². The van der Waals surface area contributed by atoms with E-state index < -0.39 is 41.7 Å². The van der Waals surface area contributed by atoms with Gasteiger partial charge < -0.3 is 19.4 Å². The average molecular weight is 580 g/mol. The highest BCUT2D eigenvalue weighted by molar-refractivity contribution is 6.23. The van der Waals surface area contributed by atoms with E-state index in [2.05, 4.69) is 4.98 Å².